The number of aryl methyl sites for hydroxylation is 2. The molecule has 10 heteroatoms. The predicted molar refractivity (Wildman–Crippen MR) is 124 cm³/mol. The minimum atomic E-state index is -0.396. The van der Waals surface area contributed by atoms with Gasteiger partial charge in [-0.05, 0) is 37.8 Å². The Morgan fingerprint density at radius 3 is 2.90 bits per heavy atom. The third kappa shape index (κ3) is 3.77. The Morgan fingerprint density at radius 2 is 2.16 bits per heavy atom. The van der Waals surface area contributed by atoms with Crippen LogP contribution in [0.2, 0.25) is 0 Å². The Kier molecular flexibility index (Phi) is 5.31. The number of nitrogens with two attached hydrogens (primary N) is 2. The summed E-state index contributed by atoms with van der Waals surface area (Å²) in [7, 11) is 0. The van der Waals surface area contributed by atoms with Crippen LogP contribution in [-0.4, -0.2) is 47.7 Å². The molecule has 5 N–H and O–H groups in total. The van der Waals surface area contributed by atoms with E-state index in [9.17, 15) is 9.18 Å². The van der Waals surface area contributed by atoms with Crippen LogP contribution in [0.15, 0.2) is 12.1 Å². The van der Waals surface area contributed by atoms with Gasteiger partial charge in [-0.15, -0.1) is 22.7 Å². The highest BCUT2D eigenvalue weighted by Crippen LogP contribution is 2.37. The standard InChI is InChI=1S/C21H25FN6OS2/c1-10-25-21-19(30-10)17(24)18(31-21)20(29)26-13-3-4-15-11(6-13)2-5-16(27-15)28-8-12(7-22)14(23)9-28/h2,5,12-14H,3-4,6-9,23-24H2,1H3,(H,26,29). The van der Waals surface area contributed by atoms with E-state index in [2.05, 4.69) is 21.3 Å². The van der Waals surface area contributed by atoms with Gasteiger partial charge in [0.2, 0.25) is 0 Å². The van der Waals surface area contributed by atoms with Crippen LogP contribution >= 0.6 is 22.7 Å². The van der Waals surface area contributed by atoms with Gasteiger partial charge in [0.15, 0.2) is 0 Å². The van der Waals surface area contributed by atoms with E-state index in [1.165, 1.54) is 22.7 Å². The van der Waals surface area contributed by atoms with Crippen molar-refractivity contribution in [2.45, 2.75) is 38.3 Å². The number of hydrogen-bond acceptors (Lipinski definition) is 8. The van der Waals surface area contributed by atoms with E-state index in [0.29, 0.717) is 23.7 Å². The van der Waals surface area contributed by atoms with Crippen LogP contribution in [-0.2, 0) is 12.8 Å². The number of carbonyl (C=O) groups is 1. The van der Waals surface area contributed by atoms with Crippen molar-refractivity contribution in [3.8, 4) is 0 Å². The maximum Gasteiger partial charge on any atom is 0.263 e. The molecular formula is C21H25FN6OS2. The minimum absolute atomic E-state index is 0.0398. The van der Waals surface area contributed by atoms with Crippen LogP contribution in [0.1, 0.15) is 32.4 Å². The topological polar surface area (TPSA) is 110 Å². The number of amides is 1. The lowest BCUT2D eigenvalue weighted by atomic mass is 9.91. The molecule has 1 fully saturated rings. The van der Waals surface area contributed by atoms with E-state index >= 15 is 0 Å². The minimum Gasteiger partial charge on any atom is -0.396 e. The summed E-state index contributed by atoms with van der Waals surface area (Å²) in [6.07, 6.45) is 2.34. The lowest BCUT2D eigenvalue weighted by Gasteiger charge is -2.26. The molecule has 0 bridgehead atoms. The molecule has 0 saturated carbocycles. The Hall–Kier alpha value is -2.30. The number of fused-ring (bicyclic) bond motifs is 2. The molecule has 5 rings (SSSR count). The fourth-order valence-electron chi connectivity index (χ4n) is 4.47. The van der Waals surface area contributed by atoms with Crippen molar-refractivity contribution in [2.24, 2.45) is 11.7 Å². The summed E-state index contributed by atoms with van der Waals surface area (Å²) in [5, 5.41) is 4.09. The van der Waals surface area contributed by atoms with E-state index in [1.807, 2.05) is 13.0 Å². The zero-order chi connectivity index (χ0) is 21.7. The number of anilines is 2. The summed E-state index contributed by atoms with van der Waals surface area (Å²) in [4.78, 5) is 25.6. The highest BCUT2D eigenvalue weighted by molar-refractivity contribution is 7.29. The zero-order valence-electron chi connectivity index (χ0n) is 17.2. The fraction of sp³-hybridized carbons (Fsp3) is 0.476. The molecule has 1 aliphatic heterocycles. The lowest BCUT2D eigenvalue weighted by molar-refractivity contribution is 0.0938. The summed E-state index contributed by atoms with van der Waals surface area (Å²) in [6, 6.07) is 3.95. The Labute approximate surface area is 187 Å². The lowest BCUT2D eigenvalue weighted by Crippen LogP contribution is -2.39. The highest BCUT2D eigenvalue weighted by atomic mass is 32.1. The fourth-order valence-corrected chi connectivity index (χ4v) is 6.56. The molecule has 0 radical (unpaired) electrons. The normalized spacial score (nSPS) is 23.3. The van der Waals surface area contributed by atoms with E-state index in [0.717, 1.165) is 50.9 Å². The van der Waals surface area contributed by atoms with Crippen LogP contribution in [0, 0.1) is 12.8 Å². The zero-order valence-corrected chi connectivity index (χ0v) is 18.9. The van der Waals surface area contributed by atoms with E-state index in [4.69, 9.17) is 16.5 Å². The van der Waals surface area contributed by atoms with Gasteiger partial charge in [0.25, 0.3) is 5.91 Å². The summed E-state index contributed by atoms with van der Waals surface area (Å²) in [5.74, 6) is 0.602. The van der Waals surface area contributed by atoms with E-state index in [1.54, 1.807) is 0 Å². The van der Waals surface area contributed by atoms with E-state index < -0.39 is 6.67 Å². The SMILES string of the molecule is Cc1nc2sc(C(=O)NC3CCc4nc(N5CC(N)C(CF)C5)ccc4C3)c(N)c2s1. The van der Waals surface area contributed by atoms with Gasteiger partial charge in [0.1, 0.15) is 15.5 Å². The average molecular weight is 461 g/mol. The molecule has 3 atom stereocenters. The first-order valence-electron chi connectivity index (χ1n) is 10.4. The van der Waals surface area contributed by atoms with Gasteiger partial charge in [-0.1, -0.05) is 6.07 Å². The van der Waals surface area contributed by atoms with Crippen LogP contribution in [0.25, 0.3) is 9.53 Å². The van der Waals surface area contributed by atoms with Gasteiger partial charge in [0.05, 0.1) is 22.1 Å². The van der Waals surface area contributed by atoms with Gasteiger partial charge in [-0.2, -0.15) is 0 Å². The van der Waals surface area contributed by atoms with Crippen LogP contribution in [0.3, 0.4) is 0 Å². The highest BCUT2D eigenvalue weighted by Gasteiger charge is 2.32. The summed E-state index contributed by atoms with van der Waals surface area (Å²) in [6.45, 7) is 2.78. The first kappa shape index (κ1) is 20.6. The van der Waals surface area contributed by atoms with Crippen LogP contribution in [0.4, 0.5) is 15.9 Å². The van der Waals surface area contributed by atoms with Crippen molar-refractivity contribution in [2.75, 3.05) is 30.4 Å². The Bertz CT molecular complexity index is 1140. The van der Waals surface area contributed by atoms with Gasteiger partial charge < -0.3 is 21.7 Å². The number of nitrogens with zero attached hydrogens (tertiary/aromatic N) is 3. The number of thiophene rings is 1. The molecule has 3 unspecified atom stereocenters. The number of nitrogen functional groups attached to an aromatic ring is 1. The number of aromatic nitrogens is 2. The quantitative estimate of drug-likeness (QED) is 0.552. The number of hydrogen-bond donors (Lipinski definition) is 3. The number of alkyl halides is 1. The summed E-state index contributed by atoms with van der Waals surface area (Å²) >= 11 is 2.87. The maximum absolute atomic E-state index is 13.1. The number of rotatable bonds is 4. The molecule has 1 saturated heterocycles. The van der Waals surface area contributed by atoms with Gasteiger partial charge in [-0.3, -0.25) is 9.18 Å². The van der Waals surface area contributed by atoms with Crippen molar-refractivity contribution in [1.82, 2.24) is 15.3 Å². The third-order valence-electron chi connectivity index (χ3n) is 6.20. The molecule has 0 aromatic carbocycles. The number of nitrogens with one attached hydrogen (secondary N) is 1. The molecule has 4 heterocycles. The number of halogens is 1. The Morgan fingerprint density at radius 1 is 1.32 bits per heavy atom. The first-order chi connectivity index (χ1) is 14.9. The third-order valence-corrected chi connectivity index (χ3v) is 8.43. The number of carbonyl (C=O) groups excluding carboxylic acids is 1. The molecule has 1 aliphatic carbocycles. The smallest absolute Gasteiger partial charge is 0.263 e. The number of pyridine rings is 1. The van der Waals surface area contributed by atoms with Crippen LogP contribution < -0.4 is 21.7 Å². The van der Waals surface area contributed by atoms with Gasteiger partial charge in [0, 0.05) is 36.8 Å². The molecule has 1 amide bonds. The largest absolute Gasteiger partial charge is 0.396 e. The summed E-state index contributed by atoms with van der Waals surface area (Å²) in [5.41, 5.74) is 15.0. The molecule has 164 valence electrons. The van der Waals surface area contributed by atoms with E-state index in [-0.39, 0.29) is 23.9 Å². The summed E-state index contributed by atoms with van der Waals surface area (Å²) < 4.78 is 14.0. The molecule has 7 nitrogen and oxygen atoms in total. The van der Waals surface area contributed by atoms with Crippen LogP contribution in [0.5, 0.6) is 0 Å². The molecule has 2 aliphatic rings. The molecule has 3 aromatic heterocycles. The second kappa shape index (κ2) is 7.99. The molecular weight excluding hydrogens is 435 g/mol. The molecule has 3 aromatic rings. The first-order valence-corrected chi connectivity index (χ1v) is 12.1. The average Bonchev–Trinajstić information content (AvgIpc) is 3.40. The number of thiazole rings is 1. The second-order valence-corrected chi connectivity index (χ2v) is 10.6. The second-order valence-electron chi connectivity index (χ2n) is 8.38. The van der Waals surface area contributed by atoms with Crippen molar-refractivity contribution in [3.63, 3.8) is 0 Å². The van der Waals surface area contributed by atoms with Gasteiger partial charge in [-0.25, -0.2) is 9.97 Å². The van der Waals surface area contributed by atoms with Crippen molar-refractivity contribution in [3.05, 3.63) is 33.3 Å². The van der Waals surface area contributed by atoms with Crippen molar-refractivity contribution in [1.29, 1.82) is 0 Å². The van der Waals surface area contributed by atoms with Crippen molar-refractivity contribution < 1.29 is 9.18 Å². The Balaban J connectivity index is 1.27. The molecule has 31 heavy (non-hydrogen) atoms. The predicted octanol–water partition coefficient (Wildman–Crippen LogP) is 2.66. The molecule has 0 spiro atoms. The monoisotopic (exact) mass is 460 g/mol. The van der Waals surface area contributed by atoms with Crippen molar-refractivity contribution >= 4 is 49.6 Å². The van der Waals surface area contributed by atoms with Gasteiger partial charge >= 0.3 is 0 Å². The maximum atomic E-state index is 13.1.